The van der Waals surface area contributed by atoms with Crippen LogP contribution in [-0.2, 0) is 9.59 Å². The number of nitrogens with zero attached hydrogens (tertiary/aromatic N) is 1. The van der Waals surface area contributed by atoms with E-state index in [0.29, 0.717) is 6.07 Å². The van der Waals surface area contributed by atoms with Gasteiger partial charge < -0.3 is 0 Å². The summed E-state index contributed by atoms with van der Waals surface area (Å²) in [6.07, 6.45) is 0.235. The molecule has 0 saturated carbocycles. The molecule has 0 N–H and O–H groups in total. The summed E-state index contributed by atoms with van der Waals surface area (Å²) < 4.78 is 26.8. The average Bonchev–Trinajstić information content (AvgIpc) is 2.49. The third-order valence-electron chi connectivity index (χ3n) is 3.76. The summed E-state index contributed by atoms with van der Waals surface area (Å²) in [5, 5.41) is 0. The molecule has 1 saturated heterocycles. The number of amides is 2. The largest absolute Gasteiger partial charge is 0.274 e. The first kappa shape index (κ1) is 14.4. The van der Waals surface area contributed by atoms with E-state index in [0.717, 1.165) is 22.6 Å². The van der Waals surface area contributed by atoms with Crippen molar-refractivity contribution in [2.75, 3.05) is 4.90 Å². The summed E-state index contributed by atoms with van der Waals surface area (Å²) in [6, 6.07) is 12.1. The smallest absolute Gasteiger partial charge is 0.234 e. The predicted molar refractivity (Wildman–Crippen MR) is 77.3 cm³/mol. The molecule has 0 aliphatic carbocycles. The fourth-order valence-corrected chi connectivity index (χ4v) is 2.71. The molecule has 0 bridgehead atoms. The molecule has 2 amide bonds. The highest BCUT2D eigenvalue weighted by Gasteiger charge is 2.35. The van der Waals surface area contributed by atoms with Crippen LogP contribution in [0.25, 0.3) is 0 Å². The number of benzene rings is 2. The van der Waals surface area contributed by atoms with E-state index in [1.54, 1.807) is 0 Å². The van der Waals surface area contributed by atoms with Crippen LogP contribution in [0.4, 0.5) is 14.5 Å². The van der Waals surface area contributed by atoms with Gasteiger partial charge in [0, 0.05) is 24.8 Å². The highest BCUT2D eigenvalue weighted by molar-refractivity contribution is 6.17. The molecule has 0 unspecified atom stereocenters. The van der Waals surface area contributed by atoms with Gasteiger partial charge in [-0.2, -0.15) is 0 Å². The van der Waals surface area contributed by atoms with Gasteiger partial charge >= 0.3 is 0 Å². The summed E-state index contributed by atoms with van der Waals surface area (Å²) in [5.41, 5.74) is 0.714. The molecule has 0 atom stereocenters. The van der Waals surface area contributed by atoms with Gasteiger partial charge in [-0.05, 0) is 17.7 Å². The third kappa shape index (κ3) is 2.62. The second-order valence-electron chi connectivity index (χ2n) is 5.23. The summed E-state index contributed by atoms with van der Waals surface area (Å²) in [6.45, 7) is 0. The van der Waals surface area contributed by atoms with Crippen molar-refractivity contribution in [1.82, 2.24) is 0 Å². The van der Waals surface area contributed by atoms with Crippen LogP contribution in [0.2, 0.25) is 0 Å². The normalized spacial score (nSPS) is 16.2. The molecular weight excluding hydrogens is 288 g/mol. The molecule has 3 nitrogen and oxygen atoms in total. The van der Waals surface area contributed by atoms with Crippen LogP contribution in [0.5, 0.6) is 0 Å². The molecule has 1 aliphatic rings. The van der Waals surface area contributed by atoms with Crippen molar-refractivity contribution in [3.63, 3.8) is 0 Å². The second kappa shape index (κ2) is 5.67. The van der Waals surface area contributed by atoms with Gasteiger partial charge in [0.15, 0.2) is 0 Å². The number of carbonyl (C=O) groups excluding carboxylic acids is 2. The Hall–Kier alpha value is -2.56. The first-order valence-electron chi connectivity index (χ1n) is 6.92. The molecule has 0 aromatic heterocycles. The lowest BCUT2D eigenvalue weighted by Gasteiger charge is -2.30. The number of hydrogen-bond acceptors (Lipinski definition) is 2. The van der Waals surface area contributed by atoms with E-state index < -0.39 is 23.4 Å². The Morgan fingerprint density at radius 3 is 2.14 bits per heavy atom. The summed E-state index contributed by atoms with van der Waals surface area (Å²) >= 11 is 0. The van der Waals surface area contributed by atoms with Gasteiger partial charge in [0.1, 0.15) is 11.6 Å². The van der Waals surface area contributed by atoms with E-state index in [4.69, 9.17) is 0 Å². The highest BCUT2D eigenvalue weighted by atomic mass is 19.1. The first-order chi connectivity index (χ1) is 10.6. The number of halogens is 2. The standard InChI is InChI=1S/C17H13F2NO2/c18-13-6-7-15(14(19)10-13)20-16(21)8-12(9-17(20)22)11-4-2-1-3-5-11/h1-7,10,12H,8-9H2. The minimum atomic E-state index is -0.917. The molecule has 1 aliphatic heterocycles. The molecule has 0 spiro atoms. The number of hydrogen-bond donors (Lipinski definition) is 0. The van der Waals surface area contributed by atoms with Crippen LogP contribution in [0.1, 0.15) is 24.3 Å². The first-order valence-corrected chi connectivity index (χ1v) is 6.92. The molecule has 1 heterocycles. The Bertz CT molecular complexity index is 713. The van der Waals surface area contributed by atoms with Crippen LogP contribution in [0.3, 0.4) is 0 Å². The van der Waals surface area contributed by atoms with Crippen molar-refractivity contribution in [3.8, 4) is 0 Å². The van der Waals surface area contributed by atoms with Crippen LogP contribution in [0, 0.1) is 11.6 Å². The molecule has 1 fully saturated rings. The highest BCUT2D eigenvalue weighted by Crippen LogP contribution is 2.33. The van der Waals surface area contributed by atoms with Crippen LogP contribution in [0.15, 0.2) is 48.5 Å². The van der Waals surface area contributed by atoms with E-state index in [1.165, 1.54) is 0 Å². The molecule has 22 heavy (non-hydrogen) atoms. The summed E-state index contributed by atoms with van der Waals surface area (Å²) in [7, 11) is 0. The summed E-state index contributed by atoms with van der Waals surface area (Å²) in [5.74, 6) is -2.83. The van der Waals surface area contributed by atoms with Crippen molar-refractivity contribution < 1.29 is 18.4 Å². The number of anilines is 1. The van der Waals surface area contributed by atoms with Gasteiger partial charge in [0.2, 0.25) is 11.8 Å². The third-order valence-corrected chi connectivity index (χ3v) is 3.76. The van der Waals surface area contributed by atoms with E-state index in [1.807, 2.05) is 30.3 Å². The molecule has 2 aromatic rings. The van der Waals surface area contributed by atoms with Crippen molar-refractivity contribution in [2.45, 2.75) is 18.8 Å². The molecule has 3 rings (SSSR count). The number of rotatable bonds is 2. The van der Waals surface area contributed by atoms with Crippen LogP contribution < -0.4 is 4.90 Å². The van der Waals surface area contributed by atoms with E-state index in [9.17, 15) is 18.4 Å². The Morgan fingerprint density at radius 1 is 0.909 bits per heavy atom. The quantitative estimate of drug-likeness (QED) is 0.797. The molecule has 0 radical (unpaired) electrons. The van der Waals surface area contributed by atoms with Gasteiger partial charge in [-0.15, -0.1) is 0 Å². The Balaban J connectivity index is 1.88. The minimum absolute atomic E-state index is 0.118. The van der Waals surface area contributed by atoms with E-state index in [2.05, 4.69) is 0 Å². The van der Waals surface area contributed by atoms with Gasteiger partial charge in [0.05, 0.1) is 5.69 Å². The number of carbonyl (C=O) groups is 2. The topological polar surface area (TPSA) is 37.4 Å². The van der Waals surface area contributed by atoms with Crippen molar-refractivity contribution in [2.24, 2.45) is 0 Å². The van der Waals surface area contributed by atoms with Crippen molar-refractivity contribution >= 4 is 17.5 Å². The monoisotopic (exact) mass is 301 g/mol. The Labute approximate surface area is 126 Å². The van der Waals surface area contributed by atoms with Gasteiger partial charge in [0.25, 0.3) is 0 Å². The van der Waals surface area contributed by atoms with E-state index >= 15 is 0 Å². The molecule has 2 aromatic carbocycles. The maximum Gasteiger partial charge on any atom is 0.234 e. The zero-order valence-corrected chi connectivity index (χ0v) is 11.6. The lowest BCUT2D eigenvalue weighted by atomic mass is 9.88. The van der Waals surface area contributed by atoms with Crippen LogP contribution in [-0.4, -0.2) is 11.8 Å². The fraction of sp³-hybridized carbons (Fsp3) is 0.176. The lowest BCUT2D eigenvalue weighted by Crippen LogP contribution is -2.43. The predicted octanol–water partition coefficient (Wildman–Crippen LogP) is 3.40. The molecule has 112 valence electrons. The molecule has 5 heteroatoms. The SMILES string of the molecule is O=C1CC(c2ccccc2)CC(=O)N1c1ccc(F)cc1F. The zero-order valence-electron chi connectivity index (χ0n) is 11.6. The second-order valence-corrected chi connectivity index (χ2v) is 5.23. The van der Waals surface area contributed by atoms with Crippen molar-refractivity contribution in [3.05, 3.63) is 65.7 Å². The maximum atomic E-state index is 13.8. The van der Waals surface area contributed by atoms with E-state index in [-0.39, 0.29) is 24.4 Å². The fourth-order valence-electron chi connectivity index (χ4n) is 2.71. The average molecular weight is 301 g/mol. The van der Waals surface area contributed by atoms with Gasteiger partial charge in [-0.1, -0.05) is 30.3 Å². The zero-order chi connectivity index (χ0) is 15.7. The minimum Gasteiger partial charge on any atom is -0.274 e. The number of piperidine rings is 1. The summed E-state index contributed by atoms with van der Waals surface area (Å²) in [4.78, 5) is 25.4. The number of imide groups is 1. The van der Waals surface area contributed by atoms with Gasteiger partial charge in [-0.3, -0.25) is 9.59 Å². The Kier molecular flexibility index (Phi) is 3.71. The Morgan fingerprint density at radius 2 is 1.55 bits per heavy atom. The van der Waals surface area contributed by atoms with Crippen LogP contribution >= 0.6 is 0 Å². The van der Waals surface area contributed by atoms with Gasteiger partial charge in [-0.25, -0.2) is 13.7 Å². The van der Waals surface area contributed by atoms with Crippen molar-refractivity contribution in [1.29, 1.82) is 0 Å². The maximum absolute atomic E-state index is 13.8. The lowest BCUT2D eigenvalue weighted by molar-refractivity contribution is -0.129. The molecular formula is C17H13F2NO2.